The molecule has 1 aliphatic rings. The lowest BCUT2D eigenvalue weighted by molar-refractivity contribution is 0.0188. The van der Waals surface area contributed by atoms with Gasteiger partial charge in [0, 0.05) is 0 Å². The standard InChI is InChI=1S/C18H20O2/c19-17-12-10-16(11-13-17)18(20,15-8-4-5-9-15)14-6-2-1-3-7-14/h1-3,6-7,10-13,15,19-20H,4-5,8-9H2. The molecule has 2 N–H and O–H groups in total. The van der Waals surface area contributed by atoms with Gasteiger partial charge in [0.1, 0.15) is 11.4 Å². The molecule has 1 atom stereocenters. The lowest BCUT2D eigenvalue weighted by atomic mass is 9.75. The van der Waals surface area contributed by atoms with E-state index >= 15 is 0 Å². The number of hydrogen-bond acceptors (Lipinski definition) is 2. The zero-order valence-electron chi connectivity index (χ0n) is 11.5. The Bertz CT molecular complexity index is 556. The second kappa shape index (κ2) is 5.29. The minimum Gasteiger partial charge on any atom is -0.508 e. The van der Waals surface area contributed by atoms with Crippen molar-refractivity contribution in [1.29, 1.82) is 0 Å². The van der Waals surface area contributed by atoms with Crippen LogP contribution in [0.1, 0.15) is 36.8 Å². The van der Waals surface area contributed by atoms with Crippen LogP contribution in [0.4, 0.5) is 0 Å². The minimum atomic E-state index is -0.953. The normalized spacial score (nSPS) is 18.9. The van der Waals surface area contributed by atoms with Gasteiger partial charge in [0.05, 0.1) is 0 Å². The summed E-state index contributed by atoms with van der Waals surface area (Å²) in [6.45, 7) is 0. The van der Waals surface area contributed by atoms with Gasteiger partial charge in [-0.3, -0.25) is 0 Å². The zero-order chi connectivity index (χ0) is 14.0. The molecule has 0 aromatic heterocycles. The van der Waals surface area contributed by atoms with Crippen molar-refractivity contribution >= 4 is 0 Å². The highest BCUT2D eigenvalue weighted by Gasteiger charge is 2.41. The molecule has 1 unspecified atom stereocenters. The van der Waals surface area contributed by atoms with E-state index in [0.717, 1.165) is 24.0 Å². The van der Waals surface area contributed by atoms with Crippen molar-refractivity contribution in [1.82, 2.24) is 0 Å². The molecule has 2 aromatic rings. The molecule has 0 spiro atoms. The van der Waals surface area contributed by atoms with Gasteiger partial charge < -0.3 is 10.2 Å². The fourth-order valence-corrected chi connectivity index (χ4v) is 3.39. The Morgan fingerprint density at radius 2 is 1.35 bits per heavy atom. The lowest BCUT2D eigenvalue weighted by Gasteiger charge is -2.35. The van der Waals surface area contributed by atoms with Crippen molar-refractivity contribution in [2.45, 2.75) is 31.3 Å². The summed E-state index contributed by atoms with van der Waals surface area (Å²) in [4.78, 5) is 0. The molecule has 0 radical (unpaired) electrons. The van der Waals surface area contributed by atoms with Gasteiger partial charge in [0.25, 0.3) is 0 Å². The maximum atomic E-state index is 11.5. The summed E-state index contributed by atoms with van der Waals surface area (Å²) >= 11 is 0. The van der Waals surface area contributed by atoms with Crippen LogP contribution in [-0.2, 0) is 5.60 Å². The van der Waals surface area contributed by atoms with E-state index in [1.165, 1.54) is 12.8 Å². The summed E-state index contributed by atoms with van der Waals surface area (Å²) in [5, 5.41) is 20.9. The smallest absolute Gasteiger partial charge is 0.117 e. The fraction of sp³-hybridized carbons (Fsp3) is 0.333. The topological polar surface area (TPSA) is 40.5 Å². The molecule has 0 aliphatic heterocycles. The summed E-state index contributed by atoms with van der Waals surface area (Å²) in [6, 6.07) is 16.9. The molecule has 2 nitrogen and oxygen atoms in total. The molecule has 0 saturated heterocycles. The van der Waals surface area contributed by atoms with Gasteiger partial charge >= 0.3 is 0 Å². The third kappa shape index (κ3) is 2.20. The van der Waals surface area contributed by atoms with Gasteiger partial charge in [-0.15, -0.1) is 0 Å². The zero-order valence-corrected chi connectivity index (χ0v) is 11.5. The van der Waals surface area contributed by atoms with Crippen LogP contribution in [0.15, 0.2) is 54.6 Å². The van der Waals surface area contributed by atoms with Crippen molar-refractivity contribution in [3.05, 3.63) is 65.7 Å². The number of rotatable bonds is 3. The molecule has 1 aliphatic carbocycles. The van der Waals surface area contributed by atoms with E-state index in [2.05, 4.69) is 0 Å². The van der Waals surface area contributed by atoms with E-state index in [4.69, 9.17) is 0 Å². The number of benzene rings is 2. The highest BCUT2D eigenvalue weighted by Crippen LogP contribution is 2.45. The third-order valence-corrected chi connectivity index (χ3v) is 4.47. The number of hydrogen-bond donors (Lipinski definition) is 2. The Labute approximate surface area is 119 Å². The summed E-state index contributed by atoms with van der Waals surface area (Å²) in [7, 11) is 0. The molecule has 1 saturated carbocycles. The predicted molar refractivity (Wildman–Crippen MR) is 79.5 cm³/mol. The third-order valence-electron chi connectivity index (χ3n) is 4.47. The number of phenols is 1. The van der Waals surface area contributed by atoms with Crippen LogP contribution < -0.4 is 0 Å². The van der Waals surface area contributed by atoms with E-state index < -0.39 is 5.60 Å². The van der Waals surface area contributed by atoms with Crippen LogP contribution in [0.3, 0.4) is 0 Å². The molecule has 1 fully saturated rings. The van der Waals surface area contributed by atoms with Crippen LogP contribution in [0.25, 0.3) is 0 Å². The summed E-state index contributed by atoms with van der Waals surface area (Å²) in [5.41, 5.74) is 0.858. The predicted octanol–water partition coefficient (Wildman–Crippen LogP) is 3.82. The monoisotopic (exact) mass is 268 g/mol. The molecular weight excluding hydrogens is 248 g/mol. The molecule has 2 aromatic carbocycles. The molecule has 20 heavy (non-hydrogen) atoms. The Balaban J connectivity index is 2.10. The maximum absolute atomic E-state index is 11.5. The van der Waals surface area contributed by atoms with Crippen molar-refractivity contribution < 1.29 is 10.2 Å². The van der Waals surface area contributed by atoms with Crippen LogP contribution in [-0.4, -0.2) is 10.2 Å². The summed E-state index contributed by atoms with van der Waals surface area (Å²) in [6.07, 6.45) is 4.45. The van der Waals surface area contributed by atoms with Gasteiger partial charge in [0.15, 0.2) is 0 Å². The van der Waals surface area contributed by atoms with Crippen molar-refractivity contribution in [2.75, 3.05) is 0 Å². The van der Waals surface area contributed by atoms with E-state index in [1.54, 1.807) is 12.1 Å². The minimum absolute atomic E-state index is 0.232. The number of phenolic OH excluding ortho intramolecular Hbond substituents is 1. The maximum Gasteiger partial charge on any atom is 0.117 e. The van der Waals surface area contributed by atoms with Gasteiger partial charge in [0.2, 0.25) is 0 Å². The Kier molecular flexibility index (Phi) is 3.49. The molecule has 3 rings (SSSR count). The Morgan fingerprint density at radius 1 is 0.800 bits per heavy atom. The molecule has 0 amide bonds. The molecule has 0 bridgehead atoms. The average Bonchev–Trinajstić information content (AvgIpc) is 3.03. The highest BCUT2D eigenvalue weighted by molar-refractivity contribution is 5.39. The largest absolute Gasteiger partial charge is 0.508 e. The number of aromatic hydroxyl groups is 1. The first kappa shape index (κ1) is 13.2. The summed E-state index contributed by atoms with van der Waals surface area (Å²) in [5.74, 6) is 0.477. The van der Waals surface area contributed by atoms with Crippen LogP contribution in [0, 0.1) is 5.92 Å². The second-order valence-electron chi connectivity index (χ2n) is 5.66. The van der Waals surface area contributed by atoms with E-state index in [0.29, 0.717) is 0 Å². The first-order valence-electron chi connectivity index (χ1n) is 7.28. The summed E-state index contributed by atoms with van der Waals surface area (Å²) < 4.78 is 0. The van der Waals surface area contributed by atoms with E-state index in [9.17, 15) is 10.2 Å². The van der Waals surface area contributed by atoms with Gasteiger partial charge in [-0.05, 0) is 42.0 Å². The van der Waals surface area contributed by atoms with E-state index in [-0.39, 0.29) is 11.7 Å². The van der Waals surface area contributed by atoms with Gasteiger partial charge in [-0.2, -0.15) is 0 Å². The van der Waals surface area contributed by atoms with Gasteiger partial charge in [-0.1, -0.05) is 55.3 Å². The lowest BCUT2D eigenvalue weighted by Crippen LogP contribution is -2.35. The average molecular weight is 268 g/mol. The fourth-order valence-electron chi connectivity index (χ4n) is 3.39. The van der Waals surface area contributed by atoms with Crippen molar-refractivity contribution in [3.63, 3.8) is 0 Å². The Morgan fingerprint density at radius 3 is 1.95 bits per heavy atom. The second-order valence-corrected chi connectivity index (χ2v) is 5.66. The van der Waals surface area contributed by atoms with Crippen LogP contribution in [0.5, 0.6) is 5.75 Å². The van der Waals surface area contributed by atoms with Crippen LogP contribution in [0.2, 0.25) is 0 Å². The molecular formula is C18H20O2. The van der Waals surface area contributed by atoms with Crippen molar-refractivity contribution in [3.8, 4) is 5.75 Å². The molecule has 2 heteroatoms. The van der Waals surface area contributed by atoms with E-state index in [1.807, 2.05) is 42.5 Å². The number of aliphatic hydroxyl groups is 1. The van der Waals surface area contributed by atoms with Gasteiger partial charge in [-0.25, -0.2) is 0 Å². The highest BCUT2D eigenvalue weighted by atomic mass is 16.3. The van der Waals surface area contributed by atoms with Crippen molar-refractivity contribution in [2.24, 2.45) is 5.92 Å². The first-order valence-corrected chi connectivity index (χ1v) is 7.28. The molecule has 104 valence electrons. The Hall–Kier alpha value is -1.80. The quantitative estimate of drug-likeness (QED) is 0.888. The molecule has 0 heterocycles. The SMILES string of the molecule is Oc1ccc(C(O)(c2ccccc2)C2CCCC2)cc1. The van der Waals surface area contributed by atoms with Crippen LogP contribution >= 0.6 is 0 Å². The first-order chi connectivity index (χ1) is 9.71.